The topological polar surface area (TPSA) is 74.6 Å². The number of phenols is 2. The van der Waals surface area contributed by atoms with Gasteiger partial charge in [0.15, 0.2) is 0 Å². The maximum atomic E-state index is 13.1. The van der Waals surface area contributed by atoms with Crippen LogP contribution in [0.4, 0.5) is 0 Å². The van der Waals surface area contributed by atoms with Crippen molar-refractivity contribution < 1.29 is 19.8 Å². The second-order valence-corrected chi connectivity index (χ2v) is 16.2. The first-order valence-electron chi connectivity index (χ1n) is 15.2. The minimum absolute atomic E-state index is 0.0863. The van der Waals surface area contributed by atoms with Crippen LogP contribution in [-0.4, -0.2) is 21.8 Å². The minimum atomic E-state index is -0.334. The highest BCUT2D eigenvalue weighted by atomic mass is 16.3. The molecule has 1 unspecified atom stereocenters. The van der Waals surface area contributed by atoms with Crippen molar-refractivity contribution in [3.63, 3.8) is 0 Å². The number of rotatable bonds is 9. The lowest BCUT2D eigenvalue weighted by Crippen LogP contribution is -2.19. The Hall–Kier alpha value is -2.62. The molecule has 0 aliphatic carbocycles. The molecule has 0 aromatic heterocycles. The summed E-state index contributed by atoms with van der Waals surface area (Å²) in [6, 6.07) is 8.12. The van der Waals surface area contributed by atoms with Gasteiger partial charge in [0.05, 0.1) is 0 Å². The molecule has 4 nitrogen and oxygen atoms in total. The number of aryl methyl sites for hydroxylation is 2. The van der Waals surface area contributed by atoms with E-state index >= 15 is 0 Å². The summed E-state index contributed by atoms with van der Waals surface area (Å²) >= 11 is 0. The summed E-state index contributed by atoms with van der Waals surface area (Å²) in [5.41, 5.74) is 4.80. The van der Waals surface area contributed by atoms with Gasteiger partial charge in [0, 0.05) is 25.2 Å². The number of ketones is 2. The van der Waals surface area contributed by atoms with Crippen molar-refractivity contribution in [2.75, 3.05) is 0 Å². The molecule has 0 radical (unpaired) electrons. The van der Waals surface area contributed by atoms with Gasteiger partial charge in [0.1, 0.15) is 23.1 Å². The van der Waals surface area contributed by atoms with E-state index in [9.17, 15) is 19.8 Å². The Balaban J connectivity index is 2.10. The van der Waals surface area contributed by atoms with Crippen molar-refractivity contribution in [2.45, 2.75) is 144 Å². The van der Waals surface area contributed by atoms with Crippen molar-refractivity contribution in [2.24, 2.45) is 5.92 Å². The molecule has 0 spiro atoms. The lowest BCUT2D eigenvalue weighted by Gasteiger charge is -2.28. The van der Waals surface area contributed by atoms with Crippen molar-refractivity contribution in [1.29, 1.82) is 0 Å². The fourth-order valence-corrected chi connectivity index (χ4v) is 5.32. The third-order valence-corrected chi connectivity index (χ3v) is 8.01. The summed E-state index contributed by atoms with van der Waals surface area (Å²) in [4.78, 5) is 26.0. The molecule has 41 heavy (non-hydrogen) atoms. The number of aromatic hydroxyl groups is 2. The van der Waals surface area contributed by atoms with Gasteiger partial charge in [-0.1, -0.05) is 114 Å². The van der Waals surface area contributed by atoms with Crippen LogP contribution in [0.15, 0.2) is 24.3 Å². The average Bonchev–Trinajstić information content (AvgIpc) is 2.79. The smallest absolute Gasteiger partial charge is 0.136 e. The van der Waals surface area contributed by atoms with Gasteiger partial charge >= 0.3 is 0 Å². The van der Waals surface area contributed by atoms with E-state index in [2.05, 4.69) is 83.1 Å². The molecule has 2 rings (SSSR count). The third kappa shape index (κ3) is 9.18. The minimum Gasteiger partial charge on any atom is -0.507 e. The van der Waals surface area contributed by atoms with E-state index in [-0.39, 0.29) is 45.6 Å². The van der Waals surface area contributed by atoms with Gasteiger partial charge in [0.2, 0.25) is 0 Å². The van der Waals surface area contributed by atoms with Crippen LogP contribution in [0, 0.1) is 5.92 Å². The molecule has 1 atom stereocenters. The molecule has 4 heteroatoms. The van der Waals surface area contributed by atoms with E-state index in [1.807, 2.05) is 31.2 Å². The van der Waals surface area contributed by atoms with Gasteiger partial charge in [-0.05, 0) is 67.9 Å². The van der Waals surface area contributed by atoms with Crippen LogP contribution in [0.2, 0.25) is 0 Å². The normalized spacial score (nSPS) is 13.8. The maximum absolute atomic E-state index is 13.1. The Morgan fingerprint density at radius 3 is 1.17 bits per heavy atom. The fourth-order valence-electron chi connectivity index (χ4n) is 5.32. The number of hydrogen-bond donors (Lipinski definition) is 2. The van der Waals surface area contributed by atoms with E-state index in [1.54, 1.807) is 0 Å². The number of carbonyl (C=O) groups is 2. The Kier molecular flexibility index (Phi) is 10.4. The van der Waals surface area contributed by atoms with Crippen LogP contribution < -0.4 is 0 Å². The summed E-state index contributed by atoms with van der Waals surface area (Å²) in [5, 5.41) is 22.0. The molecular formula is C37H56O4. The Labute approximate surface area is 250 Å². The Morgan fingerprint density at radius 1 is 0.585 bits per heavy atom. The molecule has 0 aliphatic rings. The summed E-state index contributed by atoms with van der Waals surface area (Å²) in [6.07, 6.45) is 2.16. The van der Waals surface area contributed by atoms with E-state index in [0.29, 0.717) is 37.2 Å². The molecule has 2 aromatic rings. The zero-order valence-electron chi connectivity index (χ0n) is 28.1. The van der Waals surface area contributed by atoms with E-state index in [1.165, 1.54) is 0 Å². The summed E-state index contributed by atoms with van der Waals surface area (Å²) in [5.74, 6) is 0.534. The largest absolute Gasteiger partial charge is 0.507 e. The van der Waals surface area contributed by atoms with Gasteiger partial charge in [-0.3, -0.25) is 9.59 Å². The number of benzene rings is 2. The monoisotopic (exact) mass is 564 g/mol. The molecule has 228 valence electrons. The fraction of sp³-hybridized carbons (Fsp3) is 0.622. The highest BCUT2D eigenvalue weighted by Gasteiger charge is 2.28. The average molecular weight is 565 g/mol. The molecule has 2 aromatic carbocycles. The highest BCUT2D eigenvalue weighted by Crippen LogP contribution is 2.41. The van der Waals surface area contributed by atoms with Gasteiger partial charge in [-0.25, -0.2) is 0 Å². The van der Waals surface area contributed by atoms with Gasteiger partial charge in [0.25, 0.3) is 0 Å². The first kappa shape index (κ1) is 34.6. The summed E-state index contributed by atoms with van der Waals surface area (Å²) in [7, 11) is 0. The third-order valence-electron chi connectivity index (χ3n) is 8.01. The predicted octanol–water partition coefficient (Wildman–Crippen LogP) is 9.02. The molecule has 0 heterocycles. The number of phenolic OH excluding ortho intramolecular Hbond substituents is 2. The van der Waals surface area contributed by atoms with Gasteiger partial charge < -0.3 is 10.2 Å². The predicted molar refractivity (Wildman–Crippen MR) is 171 cm³/mol. The first-order chi connectivity index (χ1) is 18.4. The molecule has 0 fully saturated rings. The summed E-state index contributed by atoms with van der Waals surface area (Å²) in [6.45, 7) is 26.9. The first-order valence-corrected chi connectivity index (χ1v) is 15.2. The molecule has 0 saturated carbocycles. The molecule has 0 saturated heterocycles. The molecule has 0 aliphatic heterocycles. The number of Topliss-reactive ketones (excluding diaryl/α,β-unsaturated/α-hetero) is 2. The van der Waals surface area contributed by atoms with Crippen molar-refractivity contribution in [3.05, 3.63) is 57.6 Å². The van der Waals surface area contributed by atoms with Crippen molar-refractivity contribution in [1.82, 2.24) is 0 Å². The van der Waals surface area contributed by atoms with Crippen LogP contribution in [0.1, 0.15) is 143 Å². The second-order valence-electron chi connectivity index (χ2n) is 16.2. The van der Waals surface area contributed by atoms with Crippen LogP contribution in [0.25, 0.3) is 0 Å². The van der Waals surface area contributed by atoms with Crippen molar-refractivity contribution in [3.8, 4) is 11.5 Å². The lowest BCUT2D eigenvalue weighted by atomic mass is 9.78. The molecule has 2 N–H and O–H groups in total. The standard InChI is InChI=1S/C37H56O4/c1-23(31(39)17-15-25-21-29(36(8,9)10)33(41)30(22-25)37(11,12)13)18-26(38)16-14-24-19-27(34(2,3)4)32(40)28(20-24)35(5,6)7/h19-23,40-41H,14-18H2,1-13H3. The quantitative estimate of drug-likeness (QED) is 0.319. The molecule has 0 amide bonds. The maximum Gasteiger partial charge on any atom is 0.136 e. The van der Waals surface area contributed by atoms with E-state index < -0.39 is 0 Å². The van der Waals surface area contributed by atoms with E-state index in [4.69, 9.17) is 0 Å². The van der Waals surface area contributed by atoms with Gasteiger partial charge in [-0.15, -0.1) is 0 Å². The Morgan fingerprint density at radius 2 is 0.878 bits per heavy atom. The number of hydrogen-bond acceptors (Lipinski definition) is 4. The van der Waals surface area contributed by atoms with Crippen LogP contribution in [0.5, 0.6) is 11.5 Å². The lowest BCUT2D eigenvalue weighted by molar-refractivity contribution is -0.127. The SMILES string of the molecule is CC(CC(=O)CCc1cc(C(C)(C)C)c(O)c(C(C)(C)C)c1)C(=O)CCc1cc(C(C)(C)C)c(O)c(C(C)(C)C)c1. The Bertz CT molecular complexity index is 1180. The molecular weight excluding hydrogens is 508 g/mol. The summed E-state index contributed by atoms with van der Waals surface area (Å²) < 4.78 is 0. The highest BCUT2D eigenvalue weighted by molar-refractivity contribution is 5.88. The zero-order chi connectivity index (χ0) is 31.7. The van der Waals surface area contributed by atoms with Crippen LogP contribution >= 0.6 is 0 Å². The second kappa shape index (κ2) is 12.3. The number of carbonyl (C=O) groups excluding carboxylic acids is 2. The van der Waals surface area contributed by atoms with Crippen LogP contribution in [0.3, 0.4) is 0 Å². The molecule has 0 bridgehead atoms. The van der Waals surface area contributed by atoms with Crippen molar-refractivity contribution >= 4 is 11.6 Å². The van der Waals surface area contributed by atoms with Crippen LogP contribution in [-0.2, 0) is 44.1 Å². The van der Waals surface area contributed by atoms with E-state index in [0.717, 1.165) is 33.4 Å². The zero-order valence-corrected chi connectivity index (χ0v) is 28.1. The van der Waals surface area contributed by atoms with Gasteiger partial charge in [-0.2, -0.15) is 0 Å².